The van der Waals surface area contributed by atoms with Gasteiger partial charge in [-0.3, -0.25) is 4.79 Å². The molecule has 0 aromatic rings. The highest BCUT2D eigenvalue weighted by atomic mass is 32.2. The number of hydrogen-bond acceptors (Lipinski definition) is 4. The molecule has 0 aromatic carbocycles. The molecule has 0 amide bonds. The summed E-state index contributed by atoms with van der Waals surface area (Å²) in [6.45, 7) is 0.415. The number of thioether (sulfide) groups is 1. The molecule has 0 bridgehead atoms. The van der Waals surface area contributed by atoms with Crippen molar-refractivity contribution in [1.29, 1.82) is 0 Å². The molecule has 0 aliphatic carbocycles. The number of ether oxygens (including phenoxy) is 1. The van der Waals surface area contributed by atoms with E-state index >= 15 is 0 Å². The minimum Gasteiger partial charge on any atom is -0.468 e. The highest BCUT2D eigenvalue weighted by Gasteiger charge is 1.97. The second-order valence-electron chi connectivity index (χ2n) is 1.58. The van der Waals surface area contributed by atoms with Crippen LogP contribution in [-0.4, -0.2) is 31.1 Å². The van der Waals surface area contributed by atoms with E-state index in [4.69, 9.17) is 5.53 Å². The van der Waals surface area contributed by atoms with Gasteiger partial charge < -0.3 is 4.74 Å². The van der Waals surface area contributed by atoms with Gasteiger partial charge in [0.2, 0.25) is 0 Å². The Balaban J connectivity index is 3.14. The van der Waals surface area contributed by atoms with Gasteiger partial charge in [-0.15, -0.1) is 0 Å². The van der Waals surface area contributed by atoms with E-state index in [9.17, 15) is 4.79 Å². The molecule has 0 aliphatic heterocycles. The van der Waals surface area contributed by atoms with Crippen molar-refractivity contribution in [2.45, 2.75) is 0 Å². The Bertz CT molecular complexity index is 167. The Kier molecular flexibility index (Phi) is 6.67. The first-order valence-corrected chi connectivity index (χ1v) is 4.12. The molecular formula is C5H9N3O2S. The summed E-state index contributed by atoms with van der Waals surface area (Å²) in [5, 5.41) is 3.30. The van der Waals surface area contributed by atoms with Crippen LogP contribution in [0.2, 0.25) is 0 Å². The number of nitrogens with zero attached hydrogens (tertiary/aromatic N) is 3. The first kappa shape index (κ1) is 10.1. The largest absolute Gasteiger partial charge is 0.468 e. The normalized spacial score (nSPS) is 8.45. The number of rotatable bonds is 5. The standard InChI is InChI=1S/C5H9N3O2S/c1-10-5(9)4-11-3-2-7-8-6/h2-4H2,1H3. The topological polar surface area (TPSA) is 75.1 Å². The van der Waals surface area contributed by atoms with Gasteiger partial charge in [-0.25, -0.2) is 0 Å². The summed E-state index contributed by atoms with van der Waals surface area (Å²) < 4.78 is 4.39. The molecule has 0 atom stereocenters. The first-order chi connectivity index (χ1) is 5.31. The summed E-state index contributed by atoms with van der Waals surface area (Å²) in [4.78, 5) is 13.1. The maximum Gasteiger partial charge on any atom is 0.315 e. The zero-order valence-corrected chi connectivity index (χ0v) is 7.00. The molecule has 0 spiro atoms. The molecule has 0 unspecified atom stereocenters. The predicted octanol–water partition coefficient (Wildman–Crippen LogP) is 1.20. The molecule has 0 aromatic heterocycles. The van der Waals surface area contributed by atoms with Crippen molar-refractivity contribution in [3.8, 4) is 0 Å². The quantitative estimate of drug-likeness (QED) is 0.207. The van der Waals surface area contributed by atoms with Gasteiger partial charge in [0, 0.05) is 11.5 Å². The van der Waals surface area contributed by atoms with Gasteiger partial charge in [0.1, 0.15) is 0 Å². The zero-order chi connectivity index (χ0) is 8.53. The van der Waals surface area contributed by atoms with E-state index in [0.717, 1.165) is 0 Å². The monoisotopic (exact) mass is 175 g/mol. The van der Waals surface area contributed by atoms with E-state index in [-0.39, 0.29) is 5.97 Å². The van der Waals surface area contributed by atoms with Crippen LogP contribution in [0, 0.1) is 0 Å². The number of azide groups is 1. The van der Waals surface area contributed by atoms with Crippen molar-refractivity contribution < 1.29 is 9.53 Å². The highest BCUT2D eigenvalue weighted by molar-refractivity contribution is 7.99. The van der Waals surface area contributed by atoms with Crippen LogP contribution in [0.1, 0.15) is 0 Å². The van der Waals surface area contributed by atoms with Gasteiger partial charge in [-0.2, -0.15) is 11.8 Å². The second-order valence-corrected chi connectivity index (χ2v) is 2.69. The smallest absolute Gasteiger partial charge is 0.315 e. The number of hydrogen-bond donors (Lipinski definition) is 0. The number of carbonyl (C=O) groups excluding carboxylic acids is 1. The lowest BCUT2D eigenvalue weighted by molar-refractivity contribution is -0.137. The summed E-state index contributed by atoms with van der Waals surface area (Å²) in [5.41, 5.74) is 7.88. The summed E-state index contributed by atoms with van der Waals surface area (Å²) in [6, 6.07) is 0. The van der Waals surface area contributed by atoms with Crippen LogP contribution in [0.15, 0.2) is 5.11 Å². The fourth-order valence-electron chi connectivity index (χ4n) is 0.365. The van der Waals surface area contributed by atoms with Crippen LogP contribution < -0.4 is 0 Å². The summed E-state index contributed by atoms with van der Waals surface area (Å²) in [5.74, 6) is 0.715. The van der Waals surface area contributed by atoms with Crippen molar-refractivity contribution in [3.05, 3.63) is 10.4 Å². The molecule has 0 saturated heterocycles. The van der Waals surface area contributed by atoms with Crippen molar-refractivity contribution >= 4 is 17.7 Å². The summed E-state index contributed by atoms with van der Waals surface area (Å²) in [7, 11) is 1.34. The molecule has 11 heavy (non-hydrogen) atoms. The first-order valence-electron chi connectivity index (χ1n) is 2.96. The molecule has 6 heteroatoms. The third-order valence-electron chi connectivity index (χ3n) is 0.846. The molecule has 0 saturated carbocycles. The van der Waals surface area contributed by atoms with Gasteiger partial charge in [0.25, 0.3) is 0 Å². The fraction of sp³-hybridized carbons (Fsp3) is 0.800. The number of esters is 1. The van der Waals surface area contributed by atoms with Gasteiger partial charge in [-0.05, 0) is 11.3 Å². The molecule has 0 radical (unpaired) electrons. The molecule has 0 aliphatic rings. The van der Waals surface area contributed by atoms with Crippen LogP contribution in [-0.2, 0) is 9.53 Å². The van der Waals surface area contributed by atoms with E-state index in [0.29, 0.717) is 18.1 Å². The van der Waals surface area contributed by atoms with E-state index < -0.39 is 0 Å². The average Bonchev–Trinajstić information content (AvgIpc) is 2.04. The zero-order valence-electron chi connectivity index (χ0n) is 6.19. The van der Waals surface area contributed by atoms with Crippen molar-refractivity contribution in [2.75, 3.05) is 25.2 Å². The minimum atomic E-state index is -0.254. The van der Waals surface area contributed by atoms with E-state index in [1.165, 1.54) is 18.9 Å². The molecular weight excluding hydrogens is 166 g/mol. The van der Waals surface area contributed by atoms with Crippen molar-refractivity contribution in [2.24, 2.45) is 5.11 Å². The third-order valence-corrected chi connectivity index (χ3v) is 1.76. The third kappa shape index (κ3) is 7.02. The van der Waals surface area contributed by atoms with Crippen LogP contribution in [0.4, 0.5) is 0 Å². The van der Waals surface area contributed by atoms with Crippen LogP contribution >= 0.6 is 11.8 Å². The van der Waals surface area contributed by atoms with Gasteiger partial charge in [0.05, 0.1) is 12.9 Å². The molecule has 0 rings (SSSR count). The lowest BCUT2D eigenvalue weighted by Gasteiger charge is -1.95. The molecule has 62 valence electrons. The maximum absolute atomic E-state index is 10.5. The Morgan fingerprint density at radius 3 is 3.09 bits per heavy atom. The lowest BCUT2D eigenvalue weighted by atomic mass is 10.8. The van der Waals surface area contributed by atoms with E-state index in [1.54, 1.807) is 0 Å². The van der Waals surface area contributed by atoms with E-state index in [2.05, 4.69) is 14.8 Å². The fourth-order valence-corrected chi connectivity index (χ4v) is 1.00. The molecule has 0 heterocycles. The Labute approximate surface area is 68.7 Å². The van der Waals surface area contributed by atoms with Crippen molar-refractivity contribution in [1.82, 2.24) is 0 Å². The molecule has 5 nitrogen and oxygen atoms in total. The average molecular weight is 175 g/mol. The Morgan fingerprint density at radius 1 is 1.82 bits per heavy atom. The van der Waals surface area contributed by atoms with Crippen LogP contribution in [0.3, 0.4) is 0 Å². The summed E-state index contributed by atoms with van der Waals surface area (Å²) >= 11 is 1.39. The Morgan fingerprint density at radius 2 is 2.55 bits per heavy atom. The van der Waals surface area contributed by atoms with Crippen LogP contribution in [0.5, 0.6) is 0 Å². The van der Waals surface area contributed by atoms with Gasteiger partial charge in [0.15, 0.2) is 0 Å². The number of carbonyl (C=O) groups is 1. The molecule has 0 fully saturated rings. The molecule has 0 N–H and O–H groups in total. The maximum atomic E-state index is 10.5. The van der Waals surface area contributed by atoms with Crippen LogP contribution in [0.25, 0.3) is 10.4 Å². The summed E-state index contributed by atoms with van der Waals surface area (Å²) in [6.07, 6.45) is 0. The highest BCUT2D eigenvalue weighted by Crippen LogP contribution is 1.99. The van der Waals surface area contributed by atoms with Gasteiger partial charge >= 0.3 is 5.97 Å². The SMILES string of the molecule is COC(=O)CSCCN=[N+]=[N-]. The van der Waals surface area contributed by atoms with Crippen molar-refractivity contribution in [3.63, 3.8) is 0 Å². The predicted molar refractivity (Wildman–Crippen MR) is 43.4 cm³/mol. The lowest BCUT2D eigenvalue weighted by Crippen LogP contribution is -2.04. The Hall–Kier alpha value is -0.870. The van der Waals surface area contributed by atoms with E-state index in [1.807, 2.05) is 0 Å². The number of methoxy groups -OCH3 is 1. The minimum absolute atomic E-state index is 0.254. The second kappa shape index (κ2) is 7.24. The van der Waals surface area contributed by atoms with Gasteiger partial charge in [-0.1, -0.05) is 5.11 Å².